The average Bonchev–Trinajstić information content (AvgIpc) is 2.66. The molecular weight excluding hydrogens is 428 g/mol. The Kier molecular flexibility index (Phi) is 6.54. The van der Waals surface area contributed by atoms with Crippen LogP contribution in [0.1, 0.15) is 18.5 Å². The van der Waals surface area contributed by atoms with Gasteiger partial charge in [-0.2, -0.15) is 4.31 Å². The summed E-state index contributed by atoms with van der Waals surface area (Å²) in [6.45, 7) is 0.636. The number of amides is 1. The van der Waals surface area contributed by atoms with Gasteiger partial charge in [0.25, 0.3) is 0 Å². The van der Waals surface area contributed by atoms with Gasteiger partial charge in [-0.05, 0) is 43.2 Å². The van der Waals surface area contributed by atoms with Crippen molar-refractivity contribution in [3.63, 3.8) is 0 Å². The number of nitrogens with one attached hydrogen (secondary N) is 1. The number of sulfonamides is 1. The molecule has 0 aliphatic carbocycles. The number of hydrogen-bond donors (Lipinski definition) is 1. The van der Waals surface area contributed by atoms with Gasteiger partial charge in [-0.3, -0.25) is 9.78 Å². The van der Waals surface area contributed by atoms with E-state index in [4.69, 9.17) is 23.2 Å². The molecule has 0 spiro atoms. The van der Waals surface area contributed by atoms with Crippen molar-refractivity contribution in [2.75, 3.05) is 13.1 Å². The number of rotatable bonds is 5. The van der Waals surface area contributed by atoms with E-state index in [0.29, 0.717) is 18.5 Å². The lowest BCUT2D eigenvalue weighted by Crippen LogP contribution is -2.42. The van der Waals surface area contributed by atoms with Crippen molar-refractivity contribution < 1.29 is 17.6 Å². The standard InChI is InChI=1S/C18H18Cl2FN3O3S/c19-13-7-14(20)9-17(8-13)28(26,27)24-5-3-12(4-6-24)18(25)23-11-16-2-1-15(21)10-22-16/h1-2,7-10,12H,3-6,11H2,(H,23,25). The van der Waals surface area contributed by atoms with Crippen LogP contribution in [0.2, 0.25) is 10.0 Å². The molecule has 1 aliphatic heterocycles. The number of hydrogen-bond acceptors (Lipinski definition) is 4. The van der Waals surface area contributed by atoms with Gasteiger partial charge < -0.3 is 5.32 Å². The smallest absolute Gasteiger partial charge is 0.243 e. The summed E-state index contributed by atoms with van der Waals surface area (Å²) < 4.78 is 39.7. The van der Waals surface area contributed by atoms with Crippen molar-refractivity contribution in [2.24, 2.45) is 5.92 Å². The molecule has 1 N–H and O–H groups in total. The highest BCUT2D eigenvalue weighted by Gasteiger charge is 2.32. The Hall–Kier alpha value is -1.74. The summed E-state index contributed by atoms with van der Waals surface area (Å²) >= 11 is 11.8. The minimum atomic E-state index is -3.73. The summed E-state index contributed by atoms with van der Waals surface area (Å²) in [6.07, 6.45) is 1.89. The van der Waals surface area contributed by atoms with E-state index in [1.165, 1.54) is 34.6 Å². The molecule has 0 bridgehead atoms. The van der Waals surface area contributed by atoms with E-state index < -0.39 is 15.8 Å². The van der Waals surface area contributed by atoms with Crippen molar-refractivity contribution >= 4 is 39.1 Å². The molecule has 150 valence electrons. The zero-order valence-corrected chi connectivity index (χ0v) is 17.1. The van der Waals surface area contributed by atoms with Gasteiger partial charge in [-0.25, -0.2) is 12.8 Å². The number of piperidine rings is 1. The first-order chi connectivity index (χ1) is 13.3. The van der Waals surface area contributed by atoms with Crippen LogP contribution in [0.25, 0.3) is 0 Å². The molecule has 2 heterocycles. The van der Waals surface area contributed by atoms with Crippen LogP contribution in [0.15, 0.2) is 41.4 Å². The normalized spacial score (nSPS) is 16.1. The maximum Gasteiger partial charge on any atom is 0.243 e. The predicted molar refractivity (Wildman–Crippen MR) is 104 cm³/mol. The fraction of sp³-hybridized carbons (Fsp3) is 0.333. The summed E-state index contributed by atoms with van der Waals surface area (Å²) in [4.78, 5) is 16.3. The molecular formula is C18H18Cl2FN3O3S. The molecule has 3 rings (SSSR count). The maximum absolute atomic E-state index is 12.9. The summed E-state index contributed by atoms with van der Waals surface area (Å²) in [5.41, 5.74) is 0.549. The number of carbonyl (C=O) groups is 1. The summed E-state index contributed by atoms with van der Waals surface area (Å²) in [5, 5.41) is 3.25. The number of halogens is 3. The molecule has 0 unspecified atom stereocenters. The maximum atomic E-state index is 12.9. The third-order valence-corrected chi connectivity index (χ3v) is 6.84. The highest BCUT2D eigenvalue weighted by atomic mass is 35.5. The fourth-order valence-electron chi connectivity index (χ4n) is 3.02. The number of benzene rings is 1. The Bertz CT molecular complexity index is 942. The average molecular weight is 446 g/mol. The van der Waals surface area contributed by atoms with Gasteiger partial charge in [0, 0.05) is 29.1 Å². The lowest BCUT2D eigenvalue weighted by atomic mass is 9.97. The van der Waals surface area contributed by atoms with Crippen LogP contribution in [-0.4, -0.2) is 36.7 Å². The van der Waals surface area contributed by atoms with E-state index in [-0.39, 0.29) is 46.4 Å². The van der Waals surface area contributed by atoms with Gasteiger partial charge in [0.05, 0.1) is 23.3 Å². The molecule has 0 atom stereocenters. The Morgan fingerprint density at radius 2 is 1.82 bits per heavy atom. The Morgan fingerprint density at radius 1 is 1.18 bits per heavy atom. The topological polar surface area (TPSA) is 79.4 Å². The zero-order chi connectivity index (χ0) is 20.3. The van der Waals surface area contributed by atoms with Crippen molar-refractivity contribution in [3.8, 4) is 0 Å². The lowest BCUT2D eigenvalue weighted by Gasteiger charge is -2.30. The SMILES string of the molecule is O=C(NCc1ccc(F)cn1)C1CCN(S(=O)(=O)c2cc(Cl)cc(Cl)c2)CC1. The van der Waals surface area contributed by atoms with Crippen molar-refractivity contribution in [1.29, 1.82) is 0 Å². The number of carbonyl (C=O) groups excluding carboxylic acids is 1. The van der Waals surface area contributed by atoms with E-state index >= 15 is 0 Å². The first-order valence-corrected chi connectivity index (χ1v) is 10.8. The Balaban J connectivity index is 1.57. The second-order valence-electron chi connectivity index (χ2n) is 6.47. The van der Waals surface area contributed by atoms with Gasteiger partial charge in [-0.1, -0.05) is 23.2 Å². The molecule has 2 aromatic rings. The minimum absolute atomic E-state index is 0.0373. The molecule has 1 fully saturated rings. The van der Waals surface area contributed by atoms with E-state index in [2.05, 4.69) is 10.3 Å². The van der Waals surface area contributed by atoms with Crippen LogP contribution in [0.3, 0.4) is 0 Å². The van der Waals surface area contributed by atoms with Crippen molar-refractivity contribution in [3.05, 3.63) is 58.1 Å². The predicted octanol–water partition coefficient (Wildman–Crippen LogP) is 3.24. The first kappa shape index (κ1) is 21.0. The fourth-order valence-corrected chi connectivity index (χ4v) is 5.21. The van der Waals surface area contributed by atoms with Gasteiger partial charge in [0.2, 0.25) is 15.9 Å². The quantitative estimate of drug-likeness (QED) is 0.765. The molecule has 1 aromatic carbocycles. The third kappa shape index (κ3) is 5.00. The van der Waals surface area contributed by atoms with Crippen LogP contribution in [-0.2, 0) is 21.4 Å². The largest absolute Gasteiger partial charge is 0.350 e. The zero-order valence-electron chi connectivity index (χ0n) is 14.7. The van der Waals surface area contributed by atoms with Gasteiger partial charge >= 0.3 is 0 Å². The molecule has 0 saturated carbocycles. The first-order valence-electron chi connectivity index (χ1n) is 8.60. The summed E-state index contributed by atoms with van der Waals surface area (Å²) in [6, 6.07) is 6.96. The number of aromatic nitrogens is 1. The molecule has 28 heavy (non-hydrogen) atoms. The van der Waals surface area contributed by atoms with Crippen LogP contribution in [0, 0.1) is 11.7 Å². The number of nitrogens with zero attached hydrogens (tertiary/aromatic N) is 2. The lowest BCUT2D eigenvalue weighted by molar-refractivity contribution is -0.126. The monoisotopic (exact) mass is 445 g/mol. The molecule has 0 radical (unpaired) electrons. The molecule has 1 aliphatic rings. The van der Waals surface area contributed by atoms with Crippen LogP contribution in [0.5, 0.6) is 0 Å². The van der Waals surface area contributed by atoms with Crippen LogP contribution < -0.4 is 5.32 Å². The minimum Gasteiger partial charge on any atom is -0.350 e. The van der Waals surface area contributed by atoms with Gasteiger partial charge in [0.15, 0.2) is 0 Å². The molecule has 1 amide bonds. The van der Waals surface area contributed by atoms with Crippen LogP contribution in [0.4, 0.5) is 4.39 Å². The van der Waals surface area contributed by atoms with E-state index in [1.54, 1.807) is 0 Å². The molecule has 10 heteroatoms. The van der Waals surface area contributed by atoms with Crippen LogP contribution >= 0.6 is 23.2 Å². The molecule has 6 nitrogen and oxygen atoms in total. The van der Waals surface area contributed by atoms with Gasteiger partial charge in [0.1, 0.15) is 5.82 Å². The van der Waals surface area contributed by atoms with Crippen molar-refractivity contribution in [2.45, 2.75) is 24.3 Å². The van der Waals surface area contributed by atoms with Crippen molar-refractivity contribution in [1.82, 2.24) is 14.6 Å². The summed E-state index contributed by atoms with van der Waals surface area (Å²) in [7, 11) is -3.73. The summed E-state index contributed by atoms with van der Waals surface area (Å²) in [5.74, 6) is -0.909. The van der Waals surface area contributed by atoms with E-state index in [0.717, 1.165) is 6.20 Å². The second-order valence-corrected chi connectivity index (χ2v) is 9.28. The highest BCUT2D eigenvalue weighted by molar-refractivity contribution is 7.89. The third-order valence-electron chi connectivity index (χ3n) is 4.53. The Labute approximate surface area is 172 Å². The number of pyridine rings is 1. The molecule has 1 saturated heterocycles. The molecule has 1 aromatic heterocycles. The van der Waals surface area contributed by atoms with E-state index in [9.17, 15) is 17.6 Å². The Morgan fingerprint density at radius 3 is 2.39 bits per heavy atom. The highest BCUT2D eigenvalue weighted by Crippen LogP contribution is 2.28. The van der Waals surface area contributed by atoms with E-state index in [1.807, 2.05) is 0 Å². The van der Waals surface area contributed by atoms with Gasteiger partial charge in [-0.15, -0.1) is 0 Å². The second kappa shape index (κ2) is 8.73.